The Balaban J connectivity index is 1.84. The number of anilines is 1. The number of sulfonamides is 1. The largest absolute Gasteiger partial charge is 0.497 e. The lowest BCUT2D eigenvalue weighted by molar-refractivity contribution is -0.119. The van der Waals surface area contributed by atoms with E-state index in [9.17, 15) is 18.0 Å². The summed E-state index contributed by atoms with van der Waals surface area (Å²) in [7, 11) is 0.551. The van der Waals surface area contributed by atoms with Crippen LogP contribution in [0.15, 0.2) is 35.4 Å². The van der Waals surface area contributed by atoms with Gasteiger partial charge in [-0.1, -0.05) is 0 Å². The van der Waals surface area contributed by atoms with Gasteiger partial charge in [0.2, 0.25) is 15.9 Å². The third-order valence-electron chi connectivity index (χ3n) is 5.20. The molecule has 1 amide bonds. The predicted molar refractivity (Wildman–Crippen MR) is 116 cm³/mol. The molecule has 1 aromatic carbocycles. The van der Waals surface area contributed by atoms with E-state index in [4.69, 9.17) is 14.2 Å². The molecule has 174 valence electrons. The maximum Gasteiger partial charge on any atom is 0.354 e. The Hall–Kier alpha value is -3.05. The number of esters is 1. The molecule has 1 aliphatic rings. The normalized spacial score (nSPS) is 16.6. The van der Waals surface area contributed by atoms with E-state index in [-0.39, 0.29) is 23.7 Å². The lowest BCUT2D eigenvalue weighted by Gasteiger charge is -2.23. The van der Waals surface area contributed by atoms with Crippen LogP contribution in [-0.4, -0.2) is 62.6 Å². The number of methoxy groups -OCH3 is 2. The Labute approximate surface area is 187 Å². The standard InChI is InChI=1S/C21H27N3O7S/c1-5-31-21(26)19-12-17(13-23(19)2)32(27,28)24-8-6-7-18(24)20(25)22-14-9-15(29-3)11-16(10-14)30-4/h9-13,18H,5-8H2,1-4H3,(H,22,25)/t18-/m1/s1. The van der Waals surface area contributed by atoms with Crippen LogP contribution < -0.4 is 14.8 Å². The number of carbonyl (C=O) groups excluding carboxylic acids is 2. The van der Waals surface area contributed by atoms with Crippen molar-refractivity contribution in [2.24, 2.45) is 7.05 Å². The first-order valence-corrected chi connectivity index (χ1v) is 11.5. The molecule has 0 radical (unpaired) electrons. The molecule has 1 N–H and O–H groups in total. The van der Waals surface area contributed by atoms with Crippen molar-refractivity contribution in [3.8, 4) is 11.5 Å². The Bertz CT molecular complexity index is 1090. The van der Waals surface area contributed by atoms with Gasteiger partial charge in [-0.25, -0.2) is 13.2 Å². The topological polar surface area (TPSA) is 116 Å². The SMILES string of the molecule is CCOC(=O)c1cc(S(=O)(=O)N2CCC[C@@H]2C(=O)Nc2cc(OC)cc(OC)c2)cn1C. The Kier molecular flexibility index (Phi) is 7.09. The number of nitrogens with zero attached hydrogens (tertiary/aromatic N) is 2. The van der Waals surface area contributed by atoms with Gasteiger partial charge in [-0.3, -0.25) is 4.79 Å². The molecule has 1 saturated heterocycles. The van der Waals surface area contributed by atoms with Crippen molar-refractivity contribution >= 4 is 27.6 Å². The third-order valence-corrected chi connectivity index (χ3v) is 7.07. The second-order valence-corrected chi connectivity index (χ2v) is 9.15. The zero-order valence-electron chi connectivity index (χ0n) is 18.5. The van der Waals surface area contributed by atoms with Crippen molar-refractivity contribution in [2.45, 2.75) is 30.7 Å². The molecule has 11 heteroatoms. The summed E-state index contributed by atoms with van der Waals surface area (Å²) in [6, 6.07) is 5.29. The van der Waals surface area contributed by atoms with Crippen LogP contribution in [0.2, 0.25) is 0 Å². The van der Waals surface area contributed by atoms with Crippen molar-refractivity contribution in [2.75, 3.05) is 32.7 Å². The van der Waals surface area contributed by atoms with Crippen LogP contribution in [0.4, 0.5) is 5.69 Å². The first-order valence-electron chi connectivity index (χ1n) is 10.1. The van der Waals surface area contributed by atoms with Gasteiger partial charge in [0, 0.05) is 43.7 Å². The molecule has 0 spiro atoms. The second kappa shape index (κ2) is 9.61. The highest BCUT2D eigenvalue weighted by Gasteiger charge is 2.40. The Morgan fingerprint density at radius 2 is 1.78 bits per heavy atom. The Morgan fingerprint density at radius 1 is 1.12 bits per heavy atom. The van der Waals surface area contributed by atoms with E-state index in [0.29, 0.717) is 30.0 Å². The summed E-state index contributed by atoms with van der Waals surface area (Å²) < 4.78 is 44.5. The van der Waals surface area contributed by atoms with Crippen LogP contribution in [0, 0.1) is 0 Å². The smallest absolute Gasteiger partial charge is 0.354 e. The minimum Gasteiger partial charge on any atom is -0.497 e. The fraction of sp³-hybridized carbons (Fsp3) is 0.429. The molecule has 0 aliphatic carbocycles. The van der Waals surface area contributed by atoms with Gasteiger partial charge in [0.05, 0.1) is 20.8 Å². The predicted octanol–water partition coefficient (Wildman–Crippen LogP) is 2.01. The van der Waals surface area contributed by atoms with Gasteiger partial charge in [-0.15, -0.1) is 0 Å². The number of carbonyl (C=O) groups is 2. The highest BCUT2D eigenvalue weighted by atomic mass is 32.2. The van der Waals surface area contributed by atoms with E-state index < -0.39 is 27.9 Å². The van der Waals surface area contributed by atoms with Gasteiger partial charge in [-0.05, 0) is 25.8 Å². The zero-order chi connectivity index (χ0) is 23.5. The Morgan fingerprint density at radius 3 is 2.38 bits per heavy atom. The first-order chi connectivity index (χ1) is 15.2. The number of amides is 1. The molecule has 1 atom stereocenters. The monoisotopic (exact) mass is 465 g/mol. The summed E-state index contributed by atoms with van der Waals surface area (Å²) in [5.41, 5.74) is 0.550. The van der Waals surface area contributed by atoms with Crippen molar-refractivity contribution < 1.29 is 32.2 Å². The lowest BCUT2D eigenvalue weighted by atomic mass is 10.2. The molecule has 32 heavy (non-hydrogen) atoms. The summed E-state index contributed by atoms with van der Waals surface area (Å²) in [6.45, 7) is 2.05. The van der Waals surface area contributed by atoms with E-state index in [1.807, 2.05) is 0 Å². The minimum atomic E-state index is -4.01. The summed E-state index contributed by atoms with van der Waals surface area (Å²) in [5, 5.41) is 2.75. The lowest BCUT2D eigenvalue weighted by Crippen LogP contribution is -2.43. The van der Waals surface area contributed by atoms with Gasteiger partial charge >= 0.3 is 5.97 Å². The van der Waals surface area contributed by atoms with Crippen LogP contribution in [0.25, 0.3) is 0 Å². The molecular formula is C21H27N3O7S. The van der Waals surface area contributed by atoms with E-state index in [0.717, 1.165) is 0 Å². The number of aryl methyl sites for hydroxylation is 1. The molecule has 0 saturated carbocycles. The van der Waals surface area contributed by atoms with Crippen molar-refractivity contribution in [3.05, 3.63) is 36.2 Å². The average Bonchev–Trinajstić information content (AvgIpc) is 3.41. The third kappa shape index (κ3) is 4.73. The van der Waals surface area contributed by atoms with Gasteiger partial charge in [0.1, 0.15) is 28.1 Å². The van der Waals surface area contributed by atoms with Gasteiger partial charge < -0.3 is 24.1 Å². The molecule has 0 bridgehead atoms. The quantitative estimate of drug-likeness (QED) is 0.593. The molecule has 2 aromatic rings. The highest BCUT2D eigenvalue weighted by Crippen LogP contribution is 2.30. The summed E-state index contributed by atoms with van der Waals surface area (Å²) in [5.74, 6) is -0.0836. The van der Waals surface area contributed by atoms with Crippen LogP contribution in [0.5, 0.6) is 11.5 Å². The second-order valence-electron chi connectivity index (χ2n) is 7.26. The number of aromatic nitrogens is 1. The highest BCUT2D eigenvalue weighted by molar-refractivity contribution is 7.89. The van der Waals surface area contributed by atoms with E-state index in [2.05, 4.69) is 5.32 Å². The van der Waals surface area contributed by atoms with Gasteiger partial charge in [0.15, 0.2) is 0 Å². The number of hydrogen-bond acceptors (Lipinski definition) is 7. The zero-order valence-corrected chi connectivity index (χ0v) is 19.3. The number of benzene rings is 1. The summed E-state index contributed by atoms with van der Waals surface area (Å²) >= 11 is 0. The van der Waals surface area contributed by atoms with Crippen LogP contribution >= 0.6 is 0 Å². The van der Waals surface area contributed by atoms with Crippen molar-refractivity contribution in [3.63, 3.8) is 0 Å². The van der Waals surface area contributed by atoms with E-state index >= 15 is 0 Å². The van der Waals surface area contributed by atoms with Crippen LogP contribution in [-0.2, 0) is 26.6 Å². The molecule has 0 unspecified atom stereocenters. The molecular weight excluding hydrogens is 438 g/mol. The number of ether oxygens (including phenoxy) is 3. The first kappa shape index (κ1) is 23.6. The number of nitrogens with one attached hydrogen (secondary N) is 1. The molecule has 10 nitrogen and oxygen atoms in total. The van der Waals surface area contributed by atoms with Crippen LogP contribution in [0.3, 0.4) is 0 Å². The number of rotatable bonds is 8. The van der Waals surface area contributed by atoms with E-state index in [1.165, 1.54) is 35.4 Å². The van der Waals surface area contributed by atoms with Crippen molar-refractivity contribution in [1.82, 2.24) is 8.87 Å². The summed E-state index contributed by atoms with van der Waals surface area (Å²) in [6.07, 6.45) is 2.27. The minimum absolute atomic E-state index is 0.0641. The molecule has 3 rings (SSSR count). The maximum atomic E-state index is 13.3. The number of hydrogen-bond donors (Lipinski definition) is 1. The fourth-order valence-corrected chi connectivity index (χ4v) is 5.34. The maximum absolute atomic E-state index is 13.3. The fourth-order valence-electron chi connectivity index (χ4n) is 3.61. The van der Waals surface area contributed by atoms with Gasteiger partial charge in [-0.2, -0.15) is 4.31 Å². The molecule has 1 aliphatic heterocycles. The molecule has 1 aromatic heterocycles. The van der Waals surface area contributed by atoms with Gasteiger partial charge in [0.25, 0.3) is 0 Å². The summed E-state index contributed by atoms with van der Waals surface area (Å²) in [4.78, 5) is 25.0. The van der Waals surface area contributed by atoms with Crippen molar-refractivity contribution in [1.29, 1.82) is 0 Å². The molecule has 1 fully saturated rings. The van der Waals surface area contributed by atoms with Crippen LogP contribution in [0.1, 0.15) is 30.3 Å². The van der Waals surface area contributed by atoms with E-state index in [1.54, 1.807) is 32.2 Å². The average molecular weight is 466 g/mol. The molecule has 2 heterocycles.